The van der Waals surface area contributed by atoms with Crippen LogP contribution in [-0.4, -0.2) is 53.7 Å². The van der Waals surface area contributed by atoms with E-state index in [1.165, 1.54) is 6.20 Å². The van der Waals surface area contributed by atoms with Crippen LogP contribution in [0.25, 0.3) is 0 Å². The Balaban J connectivity index is 1.43. The predicted octanol–water partition coefficient (Wildman–Crippen LogP) is 1.90. The van der Waals surface area contributed by atoms with Crippen LogP contribution in [0.3, 0.4) is 0 Å². The van der Waals surface area contributed by atoms with Crippen molar-refractivity contribution in [1.29, 1.82) is 0 Å². The zero-order valence-corrected chi connectivity index (χ0v) is 15.0. The number of rotatable bonds is 4. The minimum atomic E-state index is -3.38. The lowest BCUT2D eigenvalue weighted by Gasteiger charge is -2.33. The molecule has 2 aromatic heterocycles. The summed E-state index contributed by atoms with van der Waals surface area (Å²) in [7, 11) is -3.38. The first kappa shape index (κ1) is 16.5. The SMILES string of the molecule is O=S(=O)(c1ccc(N2CCC(n3cccn3)CC2)nc1)N1CCCC1. The van der Waals surface area contributed by atoms with Crippen molar-refractivity contribution < 1.29 is 8.42 Å². The van der Waals surface area contributed by atoms with E-state index in [0.717, 1.165) is 44.6 Å². The van der Waals surface area contributed by atoms with Crippen molar-refractivity contribution in [1.82, 2.24) is 19.1 Å². The second-order valence-electron chi connectivity index (χ2n) is 6.67. The first-order chi connectivity index (χ1) is 12.1. The third-order valence-corrected chi connectivity index (χ3v) is 6.99. The van der Waals surface area contributed by atoms with Gasteiger partial charge in [0.25, 0.3) is 0 Å². The number of nitrogens with zero attached hydrogens (tertiary/aromatic N) is 5. The highest BCUT2D eigenvalue weighted by atomic mass is 32.2. The fourth-order valence-corrected chi connectivity index (χ4v) is 5.11. The molecule has 2 aromatic rings. The maximum absolute atomic E-state index is 12.6. The molecule has 7 nitrogen and oxygen atoms in total. The van der Waals surface area contributed by atoms with Crippen LogP contribution >= 0.6 is 0 Å². The Morgan fingerprint density at radius 3 is 2.40 bits per heavy atom. The summed E-state index contributed by atoms with van der Waals surface area (Å²) in [6.45, 7) is 3.03. The van der Waals surface area contributed by atoms with Gasteiger partial charge in [-0.3, -0.25) is 4.68 Å². The summed E-state index contributed by atoms with van der Waals surface area (Å²) in [5, 5.41) is 4.33. The Morgan fingerprint density at radius 1 is 1.04 bits per heavy atom. The van der Waals surface area contributed by atoms with Gasteiger partial charge in [-0.1, -0.05) is 0 Å². The summed E-state index contributed by atoms with van der Waals surface area (Å²) in [6, 6.07) is 5.90. The van der Waals surface area contributed by atoms with E-state index >= 15 is 0 Å². The zero-order chi connectivity index (χ0) is 17.3. The predicted molar refractivity (Wildman–Crippen MR) is 94.9 cm³/mol. The normalized spacial score (nSPS) is 20.2. The molecule has 2 aliphatic rings. The van der Waals surface area contributed by atoms with Gasteiger partial charge >= 0.3 is 0 Å². The van der Waals surface area contributed by atoms with E-state index < -0.39 is 10.0 Å². The summed E-state index contributed by atoms with van der Waals surface area (Å²) in [5.74, 6) is 0.847. The van der Waals surface area contributed by atoms with E-state index in [4.69, 9.17) is 0 Å². The van der Waals surface area contributed by atoms with Crippen molar-refractivity contribution in [3.05, 3.63) is 36.8 Å². The first-order valence-electron chi connectivity index (χ1n) is 8.85. The van der Waals surface area contributed by atoms with Crippen LogP contribution in [0.4, 0.5) is 5.82 Å². The summed E-state index contributed by atoms with van der Waals surface area (Å²) in [5.41, 5.74) is 0. The van der Waals surface area contributed by atoms with Crippen molar-refractivity contribution in [2.24, 2.45) is 0 Å². The molecular formula is C17H23N5O2S. The number of pyridine rings is 1. The van der Waals surface area contributed by atoms with Gasteiger partial charge < -0.3 is 4.90 Å². The van der Waals surface area contributed by atoms with Gasteiger partial charge in [0.05, 0.1) is 6.04 Å². The second kappa shape index (κ2) is 6.76. The maximum Gasteiger partial charge on any atom is 0.244 e. The smallest absolute Gasteiger partial charge is 0.244 e. The summed E-state index contributed by atoms with van der Waals surface area (Å²) >= 11 is 0. The molecule has 0 aliphatic carbocycles. The van der Waals surface area contributed by atoms with Gasteiger partial charge in [0.2, 0.25) is 10.0 Å². The minimum Gasteiger partial charge on any atom is -0.356 e. The number of hydrogen-bond acceptors (Lipinski definition) is 5. The highest BCUT2D eigenvalue weighted by Crippen LogP contribution is 2.26. The van der Waals surface area contributed by atoms with Gasteiger partial charge in [-0.25, -0.2) is 13.4 Å². The van der Waals surface area contributed by atoms with Crippen LogP contribution in [0.2, 0.25) is 0 Å². The molecule has 0 aromatic carbocycles. The van der Waals surface area contributed by atoms with Crippen LogP contribution in [0, 0.1) is 0 Å². The Hall–Kier alpha value is -1.93. The molecule has 4 heterocycles. The molecule has 0 unspecified atom stereocenters. The molecule has 2 fully saturated rings. The molecule has 4 rings (SSSR count). The largest absolute Gasteiger partial charge is 0.356 e. The molecule has 2 aliphatic heterocycles. The zero-order valence-electron chi connectivity index (χ0n) is 14.2. The Kier molecular flexibility index (Phi) is 4.47. The lowest BCUT2D eigenvalue weighted by Crippen LogP contribution is -2.35. The Bertz CT molecular complexity index is 790. The van der Waals surface area contributed by atoms with Crippen molar-refractivity contribution in [2.75, 3.05) is 31.1 Å². The van der Waals surface area contributed by atoms with E-state index in [0.29, 0.717) is 24.0 Å². The number of piperidine rings is 1. The van der Waals surface area contributed by atoms with Crippen molar-refractivity contribution in [3.8, 4) is 0 Å². The molecule has 0 N–H and O–H groups in total. The third-order valence-electron chi connectivity index (χ3n) is 5.11. The summed E-state index contributed by atoms with van der Waals surface area (Å²) in [4.78, 5) is 6.94. The van der Waals surface area contributed by atoms with Gasteiger partial charge in [-0.05, 0) is 43.9 Å². The average Bonchev–Trinajstić information content (AvgIpc) is 3.36. The Labute approximate surface area is 148 Å². The third kappa shape index (κ3) is 3.28. The van der Waals surface area contributed by atoms with E-state index in [9.17, 15) is 8.42 Å². The standard InChI is InChI=1S/C17H23N5O2S/c23-25(24,21-9-1-2-10-21)16-4-5-17(18-14-16)20-12-6-15(7-13-20)22-11-3-8-19-22/h3-5,8,11,14-15H,1-2,6-7,9-10,12-13H2. The number of aromatic nitrogens is 3. The van der Waals surface area contributed by atoms with Crippen LogP contribution in [0.15, 0.2) is 41.7 Å². The molecule has 134 valence electrons. The van der Waals surface area contributed by atoms with E-state index in [1.807, 2.05) is 29.2 Å². The van der Waals surface area contributed by atoms with Crippen molar-refractivity contribution in [3.63, 3.8) is 0 Å². The summed E-state index contributed by atoms with van der Waals surface area (Å²) in [6.07, 6.45) is 9.23. The molecule has 8 heteroatoms. The van der Waals surface area contributed by atoms with Gasteiger partial charge in [-0.15, -0.1) is 0 Å². The molecule has 0 bridgehead atoms. The molecule has 0 atom stereocenters. The van der Waals surface area contributed by atoms with Crippen LogP contribution in [0.1, 0.15) is 31.7 Å². The lowest BCUT2D eigenvalue weighted by molar-refractivity contribution is 0.366. The van der Waals surface area contributed by atoms with Crippen LogP contribution in [-0.2, 0) is 10.0 Å². The molecule has 0 amide bonds. The van der Waals surface area contributed by atoms with Gasteiger partial charge in [0.1, 0.15) is 10.7 Å². The fraction of sp³-hybridized carbons (Fsp3) is 0.529. The summed E-state index contributed by atoms with van der Waals surface area (Å²) < 4.78 is 28.7. The average molecular weight is 361 g/mol. The maximum atomic E-state index is 12.6. The topological polar surface area (TPSA) is 71.3 Å². The van der Waals surface area contributed by atoms with E-state index in [2.05, 4.69) is 15.0 Å². The van der Waals surface area contributed by atoms with Crippen molar-refractivity contribution in [2.45, 2.75) is 36.6 Å². The van der Waals surface area contributed by atoms with Gasteiger partial charge in [0, 0.05) is 44.8 Å². The molecule has 0 spiro atoms. The van der Waals surface area contributed by atoms with Crippen LogP contribution in [0.5, 0.6) is 0 Å². The number of anilines is 1. The van der Waals surface area contributed by atoms with Gasteiger partial charge in [-0.2, -0.15) is 9.40 Å². The lowest BCUT2D eigenvalue weighted by atomic mass is 10.1. The van der Waals surface area contributed by atoms with E-state index in [-0.39, 0.29) is 0 Å². The number of sulfonamides is 1. The molecule has 0 radical (unpaired) electrons. The highest BCUT2D eigenvalue weighted by Gasteiger charge is 2.28. The van der Waals surface area contributed by atoms with Gasteiger partial charge in [0.15, 0.2) is 0 Å². The number of hydrogen-bond donors (Lipinski definition) is 0. The minimum absolute atomic E-state index is 0.296. The van der Waals surface area contributed by atoms with Crippen molar-refractivity contribution >= 4 is 15.8 Å². The Morgan fingerprint density at radius 2 is 1.80 bits per heavy atom. The van der Waals surface area contributed by atoms with E-state index in [1.54, 1.807) is 10.4 Å². The van der Waals surface area contributed by atoms with Crippen LogP contribution < -0.4 is 4.90 Å². The molecular weight excluding hydrogens is 338 g/mol. The highest BCUT2D eigenvalue weighted by molar-refractivity contribution is 7.89. The second-order valence-corrected chi connectivity index (χ2v) is 8.61. The quantitative estimate of drug-likeness (QED) is 0.832. The molecule has 0 saturated carbocycles. The fourth-order valence-electron chi connectivity index (χ4n) is 3.65. The first-order valence-corrected chi connectivity index (χ1v) is 10.3. The molecule has 25 heavy (non-hydrogen) atoms. The monoisotopic (exact) mass is 361 g/mol. The molecule has 2 saturated heterocycles.